The second-order valence-electron chi connectivity index (χ2n) is 12.9. The largest absolute Gasteiger partial charge is 0.320 e. The molecule has 0 bridgehead atoms. The Balaban J connectivity index is 1.48. The summed E-state index contributed by atoms with van der Waals surface area (Å²) in [4.78, 5) is 27.1. The minimum absolute atomic E-state index is 0.0124. The summed E-state index contributed by atoms with van der Waals surface area (Å²) in [5, 5.41) is 14.5. The zero-order valence-corrected chi connectivity index (χ0v) is 25.2. The van der Waals surface area contributed by atoms with Crippen LogP contribution in [0.15, 0.2) is 65.8 Å². The molecule has 43 heavy (non-hydrogen) atoms. The van der Waals surface area contributed by atoms with Gasteiger partial charge >= 0.3 is 0 Å². The summed E-state index contributed by atoms with van der Waals surface area (Å²) < 4.78 is 32.0. The van der Waals surface area contributed by atoms with E-state index in [-0.39, 0.29) is 29.0 Å². The molecule has 10 heteroatoms. The number of hydrogen-bond acceptors (Lipinski definition) is 5. The number of aromatic nitrogens is 4. The highest BCUT2D eigenvalue weighted by Crippen LogP contribution is 2.58. The van der Waals surface area contributed by atoms with Gasteiger partial charge in [0.05, 0.1) is 17.6 Å². The van der Waals surface area contributed by atoms with Gasteiger partial charge in [0, 0.05) is 19.8 Å². The number of benzene rings is 2. The lowest BCUT2D eigenvalue weighted by molar-refractivity contribution is 0.0790. The minimum Gasteiger partial charge on any atom is -0.320 e. The molecule has 5 rings (SSSR count). The van der Waals surface area contributed by atoms with Gasteiger partial charge in [-0.25, -0.2) is 8.78 Å². The van der Waals surface area contributed by atoms with E-state index in [1.807, 2.05) is 11.6 Å². The molecule has 0 saturated heterocycles. The Labute approximate surface area is 250 Å². The fourth-order valence-corrected chi connectivity index (χ4v) is 6.26. The van der Waals surface area contributed by atoms with E-state index in [4.69, 9.17) is 0 Å². The normalized spacial score (nSPS) is 15.3. The number of hydrogen-bond donors (Lipinski definition) is 2. The first-order valence-corrected chi connectivity index (χ1v) is 14.5. The molecular formula is C33H38F2N6O2. The van der Waals surface area contributed by atoms with Crippen molar-refractivity contribution < 1.29 is 13.6 Å². The van der Waals surface area contributed by atoms with Crippen LogP contribution in [-0.4, -0.2) is 31.8 Å². The summed E-state index contributed by atoms with van der Waals surface area (Å²) in [5.41, 5.74) is 1.18. The summed E-state index contributed by atoms with van der Waals surface area (Å²) in [6.45, 7) is 9.85. The highest BCUT2D eigenvalue weighted by molar-refractivity contribution is 6.04. The van der Waals surface area contributed by atoms with Crippen LogP contribution in [0.4, 0.5) is 14.5 Å². The van der Waals surface area contributed by atoms with E-state index in [0.717, 1.165) is 36.3 Å². The molecule has 0 atom stereocenters. The number of rotatable bonds is 10. The molecule has 0 unspecified atom stereocenters. The van der Waals surface area contributed by atoms with Crippen LogP contribution in [0.25, 0.3) is 0 Å². The highest BCUT2D eigenvalue weighted by atomic mass is 19.1. The molecule has 226 valence electrons. The van der Waals surface area contributed by atoms with Crippen LogP contribution in [0.5, 0.6) is 0 Å². The van der Waals surface area contributed by atoms with Crippen LogP contribution in [0.3, 0.4) is 0 Å². The van der Waals surface area contributed by atoms with Crippen LogP contribution in [0, 0.1) is 23.0 Å². The van der Waals surface area contributed by atoms with E-state index in [1.165, 1.54) is 22.8 Å². The number of anilines is 1. The average molecular weight is 589 g/mol. The lowest BCUT2D eigenvalue weighted by atomic mass is 9.51. The molecule has 0 radical (unpaired) electrons. The number of nitrogens with zero attached hydrogens (tertiary/aromatic N) is 4. The summed E-state index contributed by atoms with van der Waals surface area (Å²) in [7, 11) is 1.88. The van der Waals surface area contributed by atoms with Crippen molar-refractivity contribution in [2.75, 3.05) is 11.9 Å². The molecule has 1 fully saturated rings. The second-order valence-corrected chi connectivity index (χ2v) is 12.9. The first-order valence-electron chi connectivity index (χ1n) is 14.5. The molecule has 2 aromatic carbocycles. The van der Waals surface area contributed by atoms with E-state index in [1.54, 1.807) is 42.9 Å². The Hall–Kier alpha value is -4.18. The third-order valence-corrected chi connectivity index (χ3v) is 8.00. The maximum absolute atomic E-state index is 15.2. The summed E-state index contributed by atoms with van der Waals surface area (Å²) in [6, 6.07) is 12.1. The van der Waals surface area contributed by atoms with Crippen LogP contribution >= 0.6 is 0 Å². The van der Waals surface area contributed by atoms with Crippen molar-refractivity contribution in [1.29, 1.82) is 0 Å². The lowest BCUT2D eigenvalue weighted by Crippen LogP contribution is -2.49. The molecule has 1 amide bonds. The molecule has 2 aromatic heterocycles. The second kappa shape index (κ2) is 11.8. The Kier molecular flexibility index (Phi) is 8.34. The third kappa shape index (κ3) is 6.44. The van der Waals surface area contributed by atoms with Crippen molar-refractivity contribution in [2.45, 2.75) is 59.0 Å². The SMILES string of the molecule is CC(C)CNCc1cc(C(=O)Nc2cc(C3(c4nncn4C)CC(C)(C)C3)ccc2F)c(=O)n(Cc2ccc(F)cc2)c1. The molecule has 2 heterocycles. The molecule has 0 spiro atoms. The van der Waals surface area contributed by atoms with Gasteiger partial charge in [0.15, 0.2) is 0 Å². The monoisotopic (exact) mass is 588 g/mol. The Morgan fingerprint density at radius 3 is 2.40 bits per heavy atom. The number of nitrogens with one attached hydrogen (secondary N) is 2. The average Bonchev–Trinajstić information content (AvgIpc) is 3.37. The summed E-state index contributed by atoms with van der Waals surface area (Å²) in [6.07, 6.45) is 4.91. The van der Waals surface area contributed by atoms with Gasteiger partial charge in [-0.05, 0) is 77.7 Å². The molecule has 1 saturated carbocycles. The maximum Gasteiger partial charge on any atom is 0.263 e. The smallest absolute Gasteiger partial charge is 0.263 e. The van der Waals surface area contributed by atoms with Crippen molar-refractivity contribution >= 4 is 11.6 Å². The number of aryl methyl sites for hydroxylation is 1. The van der Waals surface area contributed by atoms with Crippen LogP contribution in [0.2, 0.25) is 0 Å². The zero-order valence-electron chi connectivity index (χ0n) is 25.2. The van der Waals surface area contributed by atoms with Crippen molar-refractivity contribution in [1.82, 2.24) is 24.6 Å². The zero-order chi connectivity index (χ0) is 30.9. The van der Waals surface area contributed by atoms with Gasteiger partial charge in [-0.2, -0.15) is 0 Å². The first kappa shape index (κ1) is 30.3. The highest BCUT2D eigenvalue weighted by Gasteiger charge is 2.54. The number of halogens is 2. The fraction of sp³-hybridized carbons (Fsp3) is 0.394. The molecule has 1 aliphatic carbocycles. The number of carbonyl (C=O) groups excluding carboxylic acids is 1. The quantitative estimate of drug-likeness (QED) is 0.259. The van der Waals surface area contributed by atoms with E-state index in [9.17, 15) is 14.0 Å². The summed E-state index contributed by atoms with van der Waals surface area (Å²) >= 11 is 0. The van der Waals surface area contributed by atoms with Gasteiger partial charge in [0.1, 0.15) is 29.3 Å². The molecular weight excluding hydrogens is 550 g/mol. The van der Waals surface area contributed by atoms with Crippen molar-refractivity contribution in [3.63, 3.8) is 0 Å². The van der Waals surface area contributed by atoms with E-state index in [0.29, 0.717) is 18.0 Å². The van der Waals surface area contributed by atoms with Gasteiger partial charge in [-0.15, -0.1) is 10.2 Å². The number of pyridine rings is 1. The van der Waals surface area contributed by atoms with Crippen LogP contribution in [-0.2, 0) is 25.6 Å². The molecule has 0 aliphatic heterocycles. The van der Waals surface area contributed by atoms with Gasteiger partial charge in [-0.3, -0.25) is 9.59 Å². The van der Waals surface area contributed by atoms with E-state index >= 15 is 4.39 Å². The summed E-state index contributed by atoms with van der Waals surface area (Å²) in [5.74, 6) is -0.500. The predicted octanol–water partition coefficient (Wildman–Crippen LogP) is 5.41. The van der Waals surface area contributed by atoms with E-state index < -0.39 is 22.7 Å². The van der Waals surface area contributed by atoms with Gasteiger partial charge in [-0.1, -0.05) is 45.9 Å². The predicted molar refractivity (Wildman–Crippen MR) is 162 cm³/mol. The standard InChI is InChI=1S/C33H38F2N6O2/c1-21(2)14-36-15-23-12-26(30(43)41(17-23)16-22-6-9-25(34)10-7-22)29(42)38-28-13-24(8-11-27(28)35)33(18-32(3,4)19-33)31-39-37-20-40(31)5/h6-13,17,20-21,36H,14-16,18-19H2,1-5H3,(H,38,42). The van der Waals surface area contributed by atoms with Crippen molar-refractivity contribution in [3.8, 4) is 0 Å². The fourth-order valence-electron chi connectivity index (χ4n) is 6.26. The van der Waals surface area contributed by atoms with Gasteiger partial charge in [0.2, 0.25) is 0 Å². The van der Waals surface area contributed by atoms with Gasteiger partial charge < -0.3 is 19.8 Å². The topological polar surface area (TPSA) is 93.8 Å². The number of amides is 1. The Morgan fingerprint density at radius 1 is 1.05 bits per heavy atom. The molecule has 8 nitrogen and oxygen atoms in total. The molecule has 2 N–H and O–H groups in total. The van der Waals surface area contributed by atoms with Crippen molar-refractivity contribution in [2.24, 2.45) is 18.4 Å². The maximum atomic E-state index is 15.2. The Bertz CT molecular complexity index is 1680. The first-order chi connectivity index (χ1) is 20.4. The third-order valence-electron chi connectivity index (χ3n) is 8.00. The van der Waals surface area contributed by atoms with Crippen LogP contribution in [0.1, 0.15) is 73.4 Å². The van der Waals surface area contributed by atoms with E-state index in [2.05, 4.69) is 48.5 Å². The van der Waals surface area contributed by atoms with Crippen molar-refractivity contribution in [3.05, 3.63) is 111 Å². The number of carbonyl (C=O) groups is 1. The van der Waals surface area contributed by atoms with Crippen LogP contribution < -0.4 is 16.2 Å². The minimum atomic E-state index is -0.707. The lowest BCUT2D eigenvalue weighted by Gasteiger charge is -2.52. The molecule has 1 aliphatic rings. The molecule has 4 aromatic rings. The van der Waals surface area contributed by atoms with Gasteiger partial charge in [0.25, 0.3) is 11.5 Å². The Morgan fingerprint density at radius 2 is 1.77 bits per heavy atom.